The van der Waals surface area contributed by atoms with E-state index in [2.05, 4.69) is 18.2 Å². The van der Waals surface area contributed by atoms with Crippen LogP contribution in [0.25, 0.3) is 11.8 Å². The van der Waals surface area contributed by atoms with E-state index in [0.29, 0.717) is 9.33 Å². The molecule has 0 bridgehead atoms. The molecule has 0 saturated heterocycles. The number of thiazole rings is 1. The summed E-state index contributed by atoms with van der Waals surface area (Å²) in [5, 5.41) is 0. The number of hydrogen-bond donors (Lipinski definition) is 0. The Morgan fingerprint density at radius 3 is 2.62 bits per heavy atom. The Morgan fingerprint density at radius 2 is 1.79 bits per heavy atom. The van der Waals surface area contributed by atoms with Gasteiger partial charge in [-0.15, -0.1) is 0 Å². The normalized spacial score (nSPS) is 17.0. The second-order valence-electron chi connectivity index (χ2n) is 8.41. The minimum Gasteiger partial charge on any atom is -0.496 e. The Kier molecular flexibility index (Phi) is 5.03. The molecule has 6 heteroatoms. The third-order valence-corrected chi connectivity index (χ3v) is 7.46. The van der Waals surface area contributed by atoms with Crippen LogP contribution in [0.1, 0.15) is 34.7 Å². The van der Waals surface area contributed by atoms with Gasteiger partial charge in [-0.2, -0.15) is 0 Å². The molecule has 2 heterocycles. The minimum absolute atomic E-state index is 0.102. The molecule has 2 aliphatic rings. The Hall–Kier alpha value is -3.77. The molecule has 0 fully saturated rings. The number of halogens is 1. The van der Waals surface area contributed by atoms with Crippen molar-refractivity contribution in [1.82, 2.24) is 4.57 Å². The highest BCUT2D eigenvalue weighted by molar-refractivity contribution is 7.07. The number of aromatic nitrogens is 1. The van der Waals surface area contributed by atoms with Gasteiger partial charge in [-0.25, -0.2) is 9.38 Å². The fraction of sp³-hybridized carbons (Fsp3) is 0.143. The molecule has 3 aromatic carbocycles. The van der Waals surface area contributed by atoms with Crippen molar-refractivity contribution in [2.75, 3.05) is 7.11 Å². The number of hydrogen-bond acceptors (Lipinski definition) is 4. The molecule has 0 radical (unpaired) electrons. The van der Waals surface area contributed by atoms with Crippen molar-refractivity contribution in [3.8, 4) is 5.75 Å². The summed E-state index contributed by atoms with van der Waals surface area (Å²) in [5.74, 6) is 0.439. The molecule has 0 spiro atoms. The maximum absolute atomic E-state index is 13.7. The molecule has 0 amide bonds. The van der Waals surface area contributed by atoms with Gasteiger partial charge >= 0.3 is 0 Å². The van der Waals surface area contributed by atoms with Crippen LogP contribution < -0.4 is 19.6 Å². The quantitative estimate of drug-likeness (QED) is 0.446. The maximum atomic E-state index is 13.7. The predicted octanol–water partition coefficient (Wildman–Crippen LogP) is 4.47. The number of rotatable bonds is 3. The van der Waals surface area contributed by atoms with E-state index < -0.39 is 0 Å². The predicted molar refractivity (Wildman–Crippen MR) is 132 cm³/mol. The van der Waals surface area contributed by atoms with Crippen LogP contribution in [0.4, 0.5) is 4.39 Å². The van der Waals surface area contributed by atoms with Crippen LogP contribution in [0.2, 0.25) is 0 Å². The molecule has 1 aliphatic carbocycles. The van der Waals surface area contributed by atoms with Crippen LogP contribution in [0.15, 0.2) is 88.2 Å². The molecule has 4 aromatic rings. The standard InChI is InChI=1S/C28H21FN2O2S/c1-33-23-9-5-4-8-21(23)26-22-15-12-18-6-2-3-7-20(18)25(22)30-28-31(26)27(32)24(34-28)16-17-10-13-19(29)14-11-17/h2-11,13-14,16,26H,12,15H2,1H3. The van der Waals surface area contributed by atoms with Crippen molar-refractivity contribution in [3.63, 3.8) is 0 Å². The number of nitrogens with zero attached hydrogens (tertiary/aromatic N) is 2. The molecule has 1 atom stereocenters. The van der Waals surface area contributed by atoms with E-state index in [1.54, 1.807) is 29.9 Å². The van der Waals surface area contributed by atoms with Gasteiger partial charge in [-0.1, -0.05) is 65.9 Å². The topological polar surface area (TPSA) is 43.6 Å². The summed E-state index contributed by atoms with van der Waals surface area (Å²) in [4.78, 5) is 19.4. The molecular weight excluding hydrogens is 447 g/mol. The van der Waals surface area contributed by atoms with Gasteiger partial charge < -0.3 is 4.74 Å². The zero-order chi connectivity index (χ0) is 23.2. The second kappa shape index (κ2) is 8.22. The van der Waals surface area contributed by atoms with E-state index >= 15 is 0 Å². The second-order valence-corrected chi connectivity index (χ2v) is 9.42. The van der Waals surface area contributed by atoms with E-state index in [1.165, 1.54) is 29.0 Å². The van der Waals surface area contributed by atoms with E-state index in [4.69, 9.17) is 9.73 Å². The number of methoxy groups -OCH3 is 1. The van der Waals surface area contributed by atoms with Gasteiger partial charge in [0.2, 0.25) is 0 Å². The summed E-state index contributed by atoms with van der Waals surface area (Å²) in [6.07, 6.45) is 3.52. The Morgan fingerprint density at radius 1 is 1.03 bits per heavy atom. The molecule has 168 valence electrons. The maximum Gasteiger partial charge on any atom is 0.271 e. The Balaban J connectivity index is 1.64. The summed E-state index contributed by atoms with van der Waals surface area (Å²) in [6.45, 7) is 0. The monoisotopic (exact) mass is 468 g/mol. The number of benzene rings is 3. The van der Waals surface area contributed by atoms with Crippen molar-refractivity contribution in [2.24, 2.45) is 4.99 Å². The zero-order valence-corrected chi connectivity index (χ0v) is 19.3. The van der Waals surface area contributed by atoms with Crippen molar-refractivity contribution in [2.45, 2.75) is 18.9 Å². The summed E-state index contributed by atoms with van der Waals surface area (Å²) in [6, 6.07) is 22.1. The van der Waals surface area contributed by atoms with Crippen molar-refractivity contribution in [1.29, 1.82) is 0 Å². The highest BCUT2D eigenvalue weighted by Crippen LogP contribution is 2.43. The lowest BCUT2D eigenvalue weighted by molar-refractivity contribution is 0.402. The third-order valence-electron chi connectivity index (χ3n) is 6.47. The van der Waals surface area contributed by atoms with Crippen molar-refractivity contribution in [3.05, 3.63) is 126 Å². The van der Waals surface area contributed by atoms with Crippen LogP contribution in [-0.4, -0.2) is 11.7 Å². The van der Waals surface area contributed by atoms with Crippen LogP contribution in [0.3, 0.4) is 0 Å². The molecule has 34 heavy (non-hydrogen) atoms. The average molecular weight is 469 g/mol. The SMILES string of the molecule is COc1ccccc1C1C2=C(N=c3sc(=Cc4ccc(F)cc4)c(=O)n31)c1ccccc1CC2. The van der Waals surface area contributed by atoms with Gasteiger partial charge in [-0.3, -0.25) is 9.36 Å². The molecule has 1 unspecified atom stereocenters. The van der Waals surface area contributed by atoms with E-state index in [-0.39, 0.29) is 17.4 Å². The first-order valence-electron chi connectivity index (χ1n) is 11.2. The summed E-state index contributed by atoms with van der Waals surface area (Å²) in [7, 11) is 1.66. The number of aryl methyl sites for hydroxylation is 1. The highest BCUT2D eigenvalue weighted by atomic mass is 32.1. The largest absolute Gasteiger partial charge is 0.496 e. The van der Waals surface area contributed by atoms with Gasteiger partial charge in [0.25, 0.3) is 5.56 Å². The van der Waals surface area contributed by atoms with Crippen LogP contribution in [-0.2, 0) is 6.42 Å². The van der Waals surface area contributed by atoms with Crippen LogP contribution in [0, 0.1) is 5.82 Å². The average Bonchev–Trinajstić information content (AvgIpc) is 3.18. The van der Waals surface area contributed by atoms with Gasteiger partial charge in [0.1, 0.15) is 11.6 Å². The number of fused-ring (bicyclic) bond motifs is 3. The highest BCUT2D eigenvalue weighted by Gasteiger charge is 2.33. The molecular formula is C28H21FN2O2S. The lowest BCUT2D eigenvalue weighted by Crippen LogP contribution is -2.38. The summed E-state index contributed by atoms with van der Waals surface area (Å²) in [5.41, 5.74) is 6.09. The van der Waals surface area contributed by atoms with Crippen LogP contribution >= 0.6 is 11.3 Å². The van der Waals surface area contributed by atoms with Gasteiger partial charge in [0.15, 0.2) is 4.80 Å². The van der Waals surface area contributed by atoms with Crippen LogP contribution in [0.5, 0.6) is 5.75 Å². The fourth-order valence-electron chi connectivity index (χ4n) is 4.90. The summed E-state index contributed by atoms with van der Waals surface area (Å²) >= 11 is 1.36. The molecule has 0 N–H and O–H groups in total. The molecule has 1 aromatic heterocycles. The van der Waals surface area contributed by atoms with E-state index in [1.807, 2.05) is 30.3 Å². The van der Waals surface area contributed by atoms with Crippen molar-refractivity contribution < 1.29 is 9.13 Å². The van der Waals surface area contributed by atoms with Gasteiger partial charge in [0, 0.05) is 11.1 Å². The molecule has 4 nitrogen and oxygen atoms in total. The number of allylic oxidation sites excluding steroid dienone is 1. The van der Waals surface area contributed by atoms with E-state index in [9.17, 15) is 9.18 Å². The first-order chi connectivity index (χ1) is 16.6. The zero-order valence-electron chi connectivity index (χ0n) is 18.5. The third kappa shape index (κ3) is 3.33. The van der Waals surface area contributed by atoms with Gasteiger partial charge in [0.05, 0.1) is 23.4 Å². The van der Waals surface area contributed by atoms with Crippen molar-refractivity contribution >= 4 is 23.1 Å². The smallest absolute Gasteiger partial charge is 0.271 e. The van der Waals surface area contributed by atoms with Gasteiger partial charge in [-0.05, 0) is 53.8 Å². The van der Waals surface area contributed by atoms with E-state index in [0.717, 1.165) is 46.6 Å². The Bertz CT molecular complexity index is 1630. The first kappa shape index (κ1) is 20.8. The minimum atomic E-state index is -0.305. The summed E-state index contributed by atoms with van der Waals surface area (Å²) < 4.78 is 21.5. The number of ether oxygens (including phenoxy) is 1. The molecule has 6 rings (SSSR count). The Labute approximate surface area is 199 Å². The number of para-hydroxylation sites is 1. The lowest BCUT2D eigenvalue weighted by atomic mass is 9.83. The first-order valence-corrected chi connectivity index (χ1v) is 12.0. The fourth-order valence-corrected chi connectivity index (χ4v) is 5.90. The lowest BCUT2D eigenvalue weighted by Gasteiger charge is -2.31. The molecule has 1 aliphatic heterocycles. The molecule has 0 saturated carbocycles.